The van der Waals surface area contributed by atoms with Gasteiger partial charge in [0.25, 0.3) is 5.91 Å². The Balaban J connectivity index is 2.09. The first kappa shape index (κ1) is 14.1. The van der Waals surface area contributed by atoms with Gasteiger partial charge in [-0.3, -0.25) is 9.59 Å². The van der Waals surface area contributed by atoms with Crippen molar-refractivity contribution < 1.29 is 9.59 Å². The van der Waals surface area contributed by atoms with E-state index >= 15 is 0 Å². The molecule has 1 fully saturated rings. The fourth-order valence-electron chi connectivity index (χ4n) is 2.12. The van der Waals surface area contributed by atoms with Gasteiger partial charge in [-0.1, -0.05) is 6.07 Å². The standard InChI is InChI=1S/C14H17BrN2O2/c1-9-5-6-10(11(15)8-9)13(18)17-12-4-2-3-7-16-14(12)19/h5-6,8,12H,2-4,7H2,1H3,(H,16,19)(H,17,18). The molecule has 1 unspecified atom stereocenters. The lowest BCUT2D eigenvalue weighted by Crippen LogP contribution is -2.45. The smallest absolute Gasteiger partial charge is 0.253 e. The van der Waals surface area contributed by atoms with E-state index in [-0.39, 0.29) is 11.8 Å². The van der Waals surface area contributed by atoms with E-state index in [0.717, 1.165) is 22.9 Å². The molecule has 0 radical (unpaired) electrons. The van der Waals surface area contributed by atoms with Gasteiger partial charge in [-0.05, 0) is 59.8 Å². The van der Waals surface area contributed by atoms with Gasteiger partial charge in [0.2, 0.25) is 5.91 Å². The number of aryl methyl sites for hydroxylation is 1. The highest BCUT2D eigenvalue weighted by Gasteiger charge is 2.23. The third-order valence-corrected chi connectivity index (χ3v) is 3.87. The van der Waals surface area contributed by atoms with E-state index in [4.69, 9.17) is 0 Å². The summed E-state index contributed by atoms with van der Waals surface area (Å²) in [5, 5.41) is 5.61. The second-order valence-corrected chi connectivity index (χ2v) is 5.65. The van der Waals surface area contributed by atoms with Crippen LogP contribution in [0.25, 0.3) is 0 Å². The van der Waals surface area contributed by atoms with Gasteiger partial charge in [0.15, 0.2) is 0 Å². The number of nitrogens with one attached hydrogen (secondary N) is 2. The van der Waals surface area contributed by atoms with Crippen LogP contribution in [0.4, 0.5) is 0 Å². The number of carbonyl (C=O) groups excluding carboxylic acids is 2. The predicted octanol–water partition coefficient (Wildman–Crippen LogP) is 2.16. The summed E-state index contributed by atoms with van der Waals surface area (Å²) >= 11 is 3.38. The quantitative estimate of drug-likeness (QED) is 0.875. The van der Waals surface area contributed by atoms with Crippen LogP contribution in [-0.2, 0) is 4.79 Å². The highest BCUT2D eigenvalue weighted by molar-refractivity contribution is 9.10. The summed E-state index contributed by atoms with van der Waals surface area (Å²) in [5.41, 5.74) is 1.64. The largest absolute Gasteiger partial charge is 0.354 e. The SMILES string of the molecule is Cc1ccc(C(=O)NC2CCCCNC2=O)c(Br)c1. The summed E-state index contributed by atoms with van der Waals surface area (Å²) in [6, 6.07) is 5.11. The molecule has 1 aromatic carbocycles. The average molecular weight is 325 g/mol. The van der Waals surface area contributed by atoms with Gasteiger partial charge in [-0.15, -0.1) is 0 Å². The average Bonchev–Trinajstić information content (AvgIpc) is 2.55. The maximum Gasteiger partial charge on any atom is 0.253 e. The lowest BCUT2D eigenvalue weighted by atomic mass is 10.1. The number of hydrogen-bond donors (Lipinski definition) is 2. The number of carbonyl (C=O) groups is 2. The second-order valence-electron chi connectivity index (χ2n) is 4.80. The molecule has 1 saturated heterocycles. The fraction of sp³-hybridized carbons (Fsp3) is 0.429. The minimum atomic E-state index is -0.428. The molecule has 2 N–H and O–H groups in total. The molecule has 1 atom stereocenters. The highest BCUT2D eigenvalue weighted by atomic mass is 79.9. The zero-order valence-electron chi connectivity index (χ0n) is 10.8. The molecule has 0 saturated carbocycles. The Kier molecular flexibility index (Phi) is 4.58. The maximum atomic E-state index is 12.2. The molecule has 4 nitrogen and oxygen atoms in total. The van der Waals surface area contributed by atoms with Crippen molar-refractivity contribution in [2.24, 2.45) is 0 Å². The van der Waals surface area contributed by atoms with Crippen molar-refractivity contribution in [3.63, 3.8) is 0 Å². The molecule has 1 aromatic rings. The Labute approximate surface area is 121 Å². The van der Waals surface area contributed by atoms with Crippen LogP contribution >= 0.6 is 15.9 Å². The molecular weight excluding hydrogens is 308 g/mol. The Morgan fingerprint density at radius 2 is 2.21 bits per heavy atom. The first-order valence-electron chi connectivity index (χ1n) is 6.42. The first-order valence-corrected chi connectivity index (χ1v) is 7.22. The zero-order valence-corrected chi connectivity index (χ0v) is 12.4. The van der Waals surface area contributed by atoms with E-state index in [1.807, 2.05) is 19.1 Å². The topological polar surface area (TPSA) is 58.2 Å². The molecule has 0 aromatic heterocycles. The van der Waals surface area contributed by atoms with Crippen LogP contribution < -0.4 is 10.6 Å². The summed E-state index contributed by atoms with van der Waals surface area (Å²) in [4.78, 5) is 24.0. The zero-order chi connectivity index (χ0) is 13.8. The summed E-state index contributed by atoms with van der Waals surface area (Å²) in [6.07, 6.45) is 2.60. The van der Waals surface area contributed by atoms with Gasteiger partial charge >= 0.3 is 0 Å². The third-order valence-electron chi connectivity index (χ3n) is 3.21. The van der Waals surface area contributed by atoms with E-state index in [1.165, 1.54) is 0 Å². The number of benzene rings is 1. The molecule has 0 bridgehead atoms. The van der Waals surface area contributed by atoms with E-state index in [9.17, 15) is 9.59 Å². The Morgan fingerprint density at radius 1 is 1.42 bits per heavy atom. The summed E-state index contributed by atoms with van der Waals surface area (Å²) < 4.78 is 0.749. The molecule has 5 heteroatoms. The van der Waals surface area contributed by atoms with Crippen LogP contribution in [0, 0.1) is 6.92 Å². The van der Waals surface area contributed by atoms with Crippen LogP contribution in [0.2, 0.25) is 0 Å². The van der Waals surface area contributed by atoms with Crippen LogP contribution in [0.3, 0.4) is 0 Å². The minimum Gasteiger partial charge on any atom is -0.354 e. The Bertz CT molecular complexity index is 502. The Morgan fingerprint density at radius 3 is 2.95 bits per heavy atom. The third kappa shape index (κ3) is 3.56. The van der Waals surface area contributed by atoms with Crippen molar-refractivity contribution in [2.45, 2.75) is 32.2 Å². The van der Waals surface area contributed by atoms with Crippen molar-refractivity contribution in [3.8, 4) is 0 Å². The molecule has 1 aliphatic rings. The van der Waals surface area contributed by atoms with Crippen molar-refractivity contribution in [3.05, 3.63) is 33.8 Å². The molecule has 0 spiro atoms. The molecule has 102 valence electrons. The number of hydrogen-bond acceptors (Lipinski definition) is 2. The molecule has 0 aliphatic carbocycles. The van der Waals surface area contributed by atoms with Gasteiger partial charge < -0.3 is 10.6 Å². The molecule has 2 rings (SSSR count). The van der Waals surface area contributed by atoms with Crippen molar-refractivity contribution in [1.82, 2.24) is 10.6 Å². The number of rotatable bonds is 2. The van der Waals surface area contributed by atoms with Crippen LogP contribution in [-0.4, -0.2) is 24.4 Å². The monoisotopic (exact) mass is 324 g/mol. The van der Waals surface area contributed by atoms with Gasteiger partial charge in [-0.25, -0.2) is 0 Å². The van der Waals surface area contributed by atoms with Gasteiger partial charge in [0.05, 0.1) is 5.56 Å². The van der Waals surface area contributed by atoms with E-state index in [1.54, 1.807) is 6.07 Å². The van der Waals surface area contributed by atoms with E-state index < -0.39 is 6.04 Å². The first-order chi connectivity index (χ1) is 9.08. The van der Waals surface area contributed by atoms with Gasteiger partial charge in [0, 0.05) is 11.0 Å². The van der Waals surface area contributed by atoms with Gasteiger partial charge in [-0.2, -0.15) is 0 Å². The number of amides is 2. The lowest BCUT2D eigenvalue weighted by molar-refractivity contribution is -0.122. The van der Waals surface area contributed by atoms with Gasteiger partial charge in [0.1, 0.15) is 6.04 Å². The number of halogens is 1. The second kappa shape index (κ2) is 6.19. The van der Waals surface area contributed by atoms with E-state index in [0.29, 0.717) is 18.5 Å². The normalized spacial score (nSPS) is 19.5. The summed E-state index contributed by atoms with van der Waals surface area (Å²) in [7, 11) is 0. The maximum absolute atomic E-state index is 12.2. The fourth-order valence-corrected chi connectivity index (χ4v) is 2.79. The summed E-state index contributed by atoms with van der Waals surface area (Å²) in [6.45, 7) is 2.66. The van der Waals surface area contributed by atoms with Crippen molar-refractivity contribution in [1.29, 1.82) is 0 Å². The highest BCUT2D eigenvalue weighted by Crippen LogP contribution is 2.18. The van der Waals surface area contributed by atoms with Crippen LogP contribution in [0.5, 0.6) is 0 Å². The molecule has 2 amide bonds. The van der Waals surface area contributed by atoms with Crippen molar-refractivity contribution in [2.75, 3.05) is 6.54 Å². The van der Waals surface area contributed by atoms with Crippen LogP contribution in [0.15, 0.2) is 22.7 Å². The molecular formula is C14H17BrN2O2. The Hall–Kier alpha value is -1.36. The predicted molar refractivity (Wildman–Crippen MR) is 77.0 cm³/mol. The molecule has 1 heterocycles. The summed E-state index contributed by atoms with van der Waals surface area (Å²) in [5.74, 6) is -0.303. The van der Waals surface area contributed by atoms with Crippen molar-refractivity contribution >= 4 is 27.7 Å². The lowest BCUT2D eigenvalue weighted by Gasteiger charge is -2.15. The van der Waals surface area contributed by atoms with E-state index in [2.05, 4.69) is 26.6 Å². The molecule has 1 aliphatic heterocycles. The minimum absolute atomic E-state index is 0.0888. The molecule has 19 heavy (non-hydrogen) atoms. The van der Waals surface area contributed by atoms with Crippen LogP contribution in [0.1, 0.15) is 35.2 Å².